The van der Waals surface area contributed by atoms with Crippen LogP contribution in [0.3, 0.4) is 0 Å². The van der Waals surface area contributed by atoms with Gasteiger partial charge in [-0.1, -0.05) is 30.7 Å². The zero-order chi connectivity index (χ0) is 16.4. The highest BCUT2D eigenvalue weighted by Crippen LogP contribution is 2.22. The molecule has 2 heterocycles. The van der Waals surface area contributed by atoms with Crippen LogP contribution < -0.4 is 10.2 Å². The SMILES string of the molecule is C[C@H](CN[C@H]1CCN(c2cnn(C)c2)C1=O)c1cccc(Cl)c1. The standard InChI is InChI=1S/C17H21ClN4O/c1-12(13-4-3-5-14(18)8-13)9-19-16-6-7-22(17(16)23)15-10-20-21(2)11-15/h3-5,8,10-12,16,19H,6-7,9H2,1-2H3/t12-,16+/m1/s1. The molecule has 1 aromatic heterocycles. The summed E-state index contributed by atoms with van der Waals surface area (Å²) in [5, 5.41) is 8.27. The fourth-order valence-electron chi connectivity index (χ4n) is 2.92. The van der Waals surface area contributed by atoms with E-state index in [1.807, 2.05) is 31.4 Å². The second-order valence-electron chi connectivity index (χ2n) is 6.07. The molecule has 1 amide bonds. The van der Waals surface area contributed by atoms with Gasteiger partial charge in [0, 0.05) is 31.4 Å². The Labute approximate surface area is 141 Å². The van der Waals surface area contributed by atoms with Crippen molar-refractivity contribution in [3.05, 3.63) is 47.2 Å². The number of aromatic nitrogens is 2. The maximum Gasteiger partial charge on any atom is 0.244 e. The Hall–Kier alpha value is -1.85. The minimum absolute atomic E-state index is 0.122. The van der Waals surface area contributed by atoms with Crippen LogP contribution in [0.25, 0.3) is 0 Å². The zero-order valence-electron chi connectivity index (χ0n) is 13.4. The molecular formula is C17H21ClN4O. The molecule has 1 N–H and O–H groups in total. The molecule has 6 heteroatoms. The molecule has 1 aromatic carbocycles. The molecule has 5 nitrogen and oxygen atoms in total. The van der Waals surface area contributed by atoms with Crippen molar-refractivity contribution in [1.82, 2.24) is 15.1 Å². The van der Waals surface area contributed by atoms with Gasteiger partial charge in [0.15, 0.2) is 0 Å². The van der Waals surface area contributed by atoms with Crippen molar-refractivity contribution in [3.63, 3.8) is 0 Å². The highest BCUT2D eigenvalue weighted by Gasteiger charge is 2.32. The fourth-order valence-corrected chi connectivity index (χ4v) is 3.12. The van der Waals surface area contributed by atoms with Gasteiger partial charge in [-0.25, -0.2) is 0 Å². The summed E-state index contributed by atoms with van der Waals surface area (Å²) in [5.41, 5.74) is 2.05. The van der Waals surface area contributed by atoms with Gasteiger partial charge in [0.25, 0.3) is 0 Å². The maximum atomic E-state index is 12.5. The summed E-state index contributed by atoms with van der Waals surface area (Å²) in [6.45, 7) is 3.61. The molecule has 0 aliphatic carbocycles. The van der Waals surface area contributed by atoms with E-state index in [1.54, 1.807) is 15.8 Å². The number of nitrogens with one attached hydrogen (secondary N) is 1. The van der Waals surface area contributed by atoms with E-state index in [0.717, 1.165) is 30.2 Å². The van der Waals surface area contributed by atoms with Crippen molar-refractivity contribution in [2.24, 2.45) is 7.05 Å². The number of nitrogens with zero attached hydrogens (tertiary/aromatic N) is 3. The number of hydrogen-bond donors (Lipinski definition) is 1. The number of rotatable bonds is 5. The largest absolute Gasteiger partial charge is 0.308 e. The van der Waals surface area contributed by atoms with Crippen molar-refractivity contribution in [2.45, 2.75) is 25.3 Å². The molecule has 0 radical (unpaired) electrons. The van der Waals surface area contributed by atoms with E-state index >= 15 is 0 Å². The fraction of sp³-hybridized carbons (Fsp3) is 0.412. The van der Waals surface area contributed by atoms with Gasteiger partial charge in [-0.15, -0.1) is 0 Å². The molecule has 0 spiro atoms. The number of carbonyl (C=O) groups is 1. The third-order valence-electron chi connectivity index (χ3n) is 4.30. The first-order valence-corrected chi connectivity index (χ1v) is 8.21. The molecule has 2 aromatic rings. The highest BCUT2D eigenvalue weighted by molar-refractivity contribution is 6.30. The van der Waals surface area contributed by atoms with E-state index in [9.17, 15) is 4.79 Å². The number of halogens is 1. The minimum Gasteiger partial charge on any atom is -0.308 e. The molecule has 2 atom stereocenters. The summed E-state index contributed by atoms with van der Waals surface area (Å²) in [4.78, 5) is 14.3. The molecule has 23 heavy (non-hydrogen) atoms. The Morgan fingerprint density at radius 3 is 3.00 bits per heavy atom. The minimum atomic E-state index is -0.128. The van der Waals surface area contributed by atoms with Crippen LogP contribution in [-0.4, -0.2) is 34.8 Å². The van der Waals surface area contributed by atoms with E-state index in [-0.39, 0.29) is 11.9 Å². The van der Waals surface area contributed by atoms with E-state index < -0.39 is 0 Å². The summed E-state index contributed by atoms with van der Waals surface area (Å²) >= 11 is 6.04. The Morgan fingerprint density at radius 2 is 2.30 bits per heavy atom. The Kier molecular flexibility index (Phi) is 4.68. The van der Waals surface area contributed by atoms with Gasteiger partial charge in [0.2, 0.25) is 5.91 Å². The summed E-state index contributed by atoms with van der Waals surface area (Å²) in [6, 6.07) is 7.75. The van der Waals surface area contributed by atoms with Gasteiger partial charge in [-0.3, -0.25) is 9.48 Å². The van der Waals surface area contributed by atoms with Gasteiger partial charge in [0.05, 0.1) is 17.9 Å². The number of benzene rings is 1. The Bertz CT molecular complexity index is 699. The molecule has 0 bridgehead atoms. The number of amides is 1. The van der Waals surface area contributed by atoms with Crippen LogP contribution in [0.2, 0.25) is 5.02 Å². The highest BCUT2D eigenvalue weighted by atomic mass is 35.5. The second-order valence-corrected chi connectivity index (χ2v) is 6.50. The van der Waals surface area contributed by atoms with Crippen LogP contribution in [0.15, 0.2) is 36.7 Å². The summed E-state index contributed by atoms with van der Waals surface area (Å²) in [5.74, 6) is 0.422. The lowest BCUT2D eigenvalue weighted by Gasteiger charge is -2.18. The van der Waals surface area contributed by atoms with Gasteiger partial charge in [-0.05, 0) is 30.0 Å². The Balaban J connectivity index is 1.58. The van der Waals surface area contributed by atoms with E-state index in [4.69, 9.17) is 11.6 Å². The number of aryl methyl sites for hydroxylation is 1. The molecule has 1 fully saturated rings. The van der Waals surface area contributed by atoms with Gasteiger partial charge in [-0.2, -0.15) is 5.10 Å². The predicted molar refractivity (Wildman–Crippen MR) is 91.8 cm³/mol. The molecule has 3 rings (SSSR count). The van der Waals surface area contributed by atoms with Gasteiger partial charge < -0.3 is 10.2 Å². The van der Waals surface area contributed by atoms with E-state index in [1.165, 1.54) is 5.56 Å². The van der Waals surface area contributed by atoms with Crippen LogP contribution in [0.5, 0.6) is 0 Å². The third-order valence-corrected chi connectivity index (χ3v) is 4.53. The van der Waals surface area contributed by atoms with Gasteiger partial charge in [0.1, 0.15) is 0 Å². The van der Waals surface area contributed by atoms with E-state index in [0.29, 0.717) is 5.92 Å². The monoisotopic (exact) mass is 332 g/mol. The van der Waals surface area contributed by atoms with Crippen LogP contribution in [-0.2, 0) is 11.8 Å². The first-order valence-electron chi connectivity index (χ1n) is 7.83. The smallest absolute Gasteiger partial charge is 0.244 e. The van der Waals surface area contributed by atoms with Crippen molar-refractivity contribution in [3.8, 4) is 0 Å². The van der Waals surface area contributed by atoms with Crippen LogP contribution in [0, 0.1) is 0 Å². The summed E-state index contributed by atoms with van der Waals surface area (Å²) < 4.78 is 1.71. The molecule has 0 unspecified atom stereocenters. The van der Waals surface area contributed by atoms with Crippen molar-refractivity contribution >= 4 is 23.2 Å². The number of hydrogen-bond acceptors (Lipinski definition) is 3. The number of carbonyl (C=O) groups excluding carboxylic acids is 1. The molecule has 122 valence electrons. The Morgan fingerprint density at radius 1 is 1.48 bits per heavy atom. The molecule has 1 aliphatic heterocycles. The van der Waals surface area contributed by atoms with Crippen molar-refractivity contribution in [2.75, 3.05) is 18.0 Å². The van der Waals surface area contributed by atoms with Crippen molar-refractivity contribution < 1.29 is 4.79 Å². The predicted octanol–water partition coefficient (Wildman–Crippen LogP) is 2.57. The molecule has 1 aliphatic rings. The summed E-state index contributed by atoms with van der Waals surface area (Å²) in [7, 11) is 1.85. The lowest BCUT2D eigenvalue weighted by Crippen LogP contribution is -2.39. The van der Waals surface area contributed by atoms with E-state index in [2.05, 4.69) is 23.4 Å². The molecule has 0 saturated carbocycles. The quantitative estimate of drug-likeness (QED) is 0.915. The molecular weight excluding hydrogens is 312 g/mol. The number of anilines is 1. The average Bonchev–Trinajstić information content (AvgIpc) is 3.11. The van der Waals surface area contributed by atoms with Crippen molar-refractivity contribution in [1.29, 1.82) is 0 Å². The first kappa shape index (κ1) is 16.0. The lowest BCUT2D eigenvalue weighted by atomic mass is 10.0. The lowest BCUT2D eigenvalue weighted by molar-refractivity contribution is -0.118. The maximum absolute atomic E-state index is 12.5. The third kappa shape index (κ3) is 3.57. The second kappa shape index (κ2) is 6.72. The van der Waals surface area contributed by atoms with Crippen LogP contribution >= 0.6 is 11.6 Å². The first-order chi connectivity index (χ1) is 11.0. The van der Waals surface area contributed by atoms with Gasteiger partial charge >= 0.3 is 0 Å². The summed E-state index contributed by atoms with van der Waals surface area (Å²) in [6.07, 6.45) is 4.42. The average molecular weight is 333 g/mol. The zero-order valence-corrected chi connectivity index (χ0v) is 14.1. The molecule has 1 saturated heterocycles. The van der Waals surface area contributed by atoms with Crippen LogP contribution in [0.4, 0.5) is 5.69 Å². The normalized spacial score (nSPS) is 19.3. The topological polar surface area (TPSA) is 50.2 Å². The van der Waals surface area contributed by atoms with Crippen LogP contribution in [0.1, 0.15) is 24.8 Å².